The molecule has 2 saturated heterocycles. The predicted molar refractivity (Wildman–Crippen MR) is 125 cm³/mol. The van der Waals surface area contributed by atoms with E-state index < -0.39 is 0 Å². The molecule has 5 rings (SSSR count). The van der Waals surface area contributed by atoms with Crippen molar-refractivity contribution < 1.29 is 4.79 Å². The van der Waals surface area contributed by atoms with Gasteiger partial charge in [0, 0.05) is 26.2 Å². The van der Waals surface area contributed by atoms with Crippen molar-refractivity contribution in [2.45, 2.75) is 45.2 Å². The number of amides is 1. The van der Waals surface area contributed by atoms with E-state index in [2.05, 4.69) is 70.7 Å². The van der Waals surface area contributed by atoms with Crippen LogP contribution in [0.3, 0.4) is 0 Å². The number of carbonyl (C=O) groups excluding carboxylic acids is 1. The molecule has 6 heteroatoms. The fourth-order valence-corrected chi connectivity index (χ4v) is 4.97. The van der Waals surface area contributed by atoms with Gasteiger partial charge in [-0.05, 0) is 61.4 Å². The summed E-state index contributed by atoms with van der Waals surface area (Å²) in [5.41, 5.74) is 5.67. The van der Waals surface area contributed by atoms with Crippen LogP contribution in [0.25, 0.3) is 11.1 Å². The number of aromatic nitrogens is 3. The maximum absolute atomic E-state index is 12.6. The zero-order valence-corrected chi connectivity index (χ0v) is 18.8. The van der Waals surface area contributed by atoms with Crippen LogP contribution in [0.15, 0.2) is 54.7 Å². The molecular formula is C26H31N5O. The van der Waals surface area contributed by atoms with Gasteiger partial charge in [0.05, 0.1) is 12.2 Å². The second-order valence-corrected chi connectivity index (χ2v) is 9.13. The lowest BCUT2D eigenvalue weighted by molar-refractivity contribution is 0.0787. The predicted octanol–water partition coefficient (Wildman–Crippen LogP) is 4.33. The molecular weight excluding hydrogens is 398 g/mol. The normalized spacial score (nSPS) is 19.4. The summed E-state index contributed by atoms with van der Waals surface area (Å²) in [6, 6.07) is 17.7. The minimum atomic E-state index is 0.0233. The highest BCUT2D eigenvalue weighted by atomic mass is 16.2. The second kappa shape index (κ2) is 9.25. The summed E-state index contributed by atoms with van der Waals surface area (Å²) in [4.78, 5) is 17.0. The van der Waals surface area contributed by atoms with Gasteiger partial charge in [0.2, 0.25) is 0 Å². The van der Waals surface area contributed by atoms with E-state index in [4.69, 9.17) is 0 Å². The Hall–Kier alpha value is -2.99. The smallest absolute Gasteiger partial charge is 0.276 e. The lowest BCUT2D eigenvalue weighted by Crippen LogP contribution is -2.36. The van der Waals surface area contributed by atoms with Gasteiger partial charge < -0.3 is 4.90 Å². The van der Waals surface area contributed by atoms with E-state index >= 15 is 0 Å². The van der Waals surface area contributed by atoms with Gasteiger partial charge in [0.15, 0.2) is 5.69 Å². The molecule has 6 nitrogen and oxygen atoms in total. The molecule has 2 aromatic carbocycles. The summed E-state index contributed by atoms with van der Waals surface area (Å²) in [6.45, 7) is 6.78. The fourth-order valence-electron chi connectivity index (χ4n) is 4.97. The number of nitrogens with zero attached hydrogens (tertiary/aromatic N) is 5. The highest BCUT2D eigenvalue weighted by Crippen LogP contribution is 2.26. The Morgan fingerprint density at radius 3 is 2.56 bits per heavy atom. The molecule has 1 aromatic heterocycles. The molecule has 3 aromatic rings. The number of benzene rings is 2. The molecule has 0 saturated carbocycles. The van der Waals surface area contributed by atoms with Crippen LogP contribution < -0.4 is 0 Å². The number of rotatable bonds is 5. The first kappa shape index (κ1) is 20.9. The number of carbonyl (C=O) groups is 1. The lowest BCUT2D eigenvalue weighted by Gasteiger charge is -2.32. The van der Waals surface area contributed by atoms with Crippen LogP contribution in [0.2, 0.25) is 0 Å². The van der Waals surface area contributed by atoms with Gasteiger partial charge in [0.1, 0.15) is 0 Å². The minimum Gasteiger partial charge on any atom is -0.337 e. The zero-order valence-electron chi connectivity index (χ0n) is 18.8. The third kappa shape index (κ3) is 4.46. The maximum Gasteiger partial charge on any atom is 0.276 e. The van der Waals surface area contributed by atoms with Crippen molar-refractivity contribution in [3.8, 4) is 11.1 Å². The van der Waals surface area contributed by atoms with Crippen molar-refractivity contribution in [3.05, 3.63) is 71.5 Å². The summed E-state index contributed by atoms with van der Waals surface area (Å²) in [5.74, 6) is 0.0233. The van der Waals surface area contributed by atoms with Crippen LogP contribution in [0.5, 0.6) is 0 Å². The van der Waals surface area contributed by atoms with Crippen LogP contribution in [-0.4, -0.2) is 56.9 Å². The SMILES string of the molecule is Cc1ccccc1-c1ccc(CN2CCC[C@H](n3cc(C(=O)N4CCCC4)nn3)C2)cc1. The number of hydrogen-bond donors (Lipinski definition) is 0. The molecule has 0 unspecified atom stereocenters. The van der Waals surface area contributed by atoms with Gasteiger partial charge in [-0.25, -0.2) is 4.68 Å². The Morgan fingerprint density at radius 1 is 1.00 bits per heavy atom. The molecule has 0 N–H and O–H groups in total. The van der Waals surface area contributed by atoms with Crippen LogP contribution in [0, 0.1) is 6.92 Å². The van der Waals surface area contributed by atoms with Gasteiger partial charge in [-0.1, -0.05) is 53.7 Å². The van der Waals surface area contributed by atoms with Crippen molar-refractivity contribution in [2.75, 3.05) is 26.2 Å². The molecule has 2 aliphatic rings. The molecule has 32 heavy (non-hydrogen) atoms. The first-order valence-electron chi connectivity index (χ1n) is 11.8. The molecule has 3 heterocycles. The van der Waals surface area contributed by atoms with E-state index in [1.54, 1.807) is 0 Å². The van der Waals surface area contributed by atoms with Crippen LogP contribution in [0.1, 0.15) is 53.3 Å². The molecule has 0 bridgehead atoms. The van der Waals surface area contributed by atoms with Gasteiger partial charge >= 0.3 is 0 Å². The summed E-state index contributed by atoms with van der Waals surface area (Å²) >= 11 is 0. The van der Waals surface area contributed by atoms with Gasteiger partial charge in [0.25, 0.3) is 5.91 Å². The third-order valence-electron chi connectivity index (χ3n) is 6.79. The molecule has 2 aliphatic heterocycles. The van der Waals surface area contributed by atoms with Gasteiger partial charge in [-0.3, -0.25) is 9.69 Å². The zero-order chi connectivity index (χ0) is 21.9. The highest BCUT2D eigenvalue weighted by Gasteiger charge is 2.26. The van der Waals surface area contributed by atoms with Crippen LogP contribution >= 0.6 is 0 Å². The van der Waals surface area contributed by atoms with E-state index in [1.165, 1.54) is 22.3 Å². The van der Waals surface area contributed by atoms with Crippen LogP contribution in [0.4, 0.5) is 0 Å². The Labute approximate surface area is 189 Å². The van der Waals surface area contributed by atoms with Crippen molar-refractivity contribution in [2.24, 2.45) is 0 Å². The molecule has 0 spiro atoms. The first-order chi connectivity index (χ1) is 15.7. The van der Waals surface area contributed by atoms with Crippen molar-refractivity contribution in [3.63, 3.8) is 0 Å². The van der Waals surface area contributed by atoms with Crippen molar-refractivity contribution in [1.82, 2.24) is 24.8 Å². The number of aryl methyl sites for hydroxylation is 1. The van der Waals surface area contributed by atoms with Gasteiger partial charge in [-0.15, -0.1) is 5.10 Å². The molecule has 2 fully saturated rings. The first-order valence-corrected chi connectivity index (χ1v) is 11.8. The van der Waals surface area contributed by atoms with Gasteiger partial charge in [-0.2, -0.15) is 0 Å². The quantitative estimate of drug-likeness (QED) is 0.606. The summed E-state index contributed by atoms with van der Waals surface area (Å²) in [7, 11) is 0. The Morgan fingerprint density at radius 2 is 1.78 bits per heavy atom. The molecule has 1 atom stereocenters. The summed E-state index contributed by atoms with van der Waals surface area (Å²) in [6.07, 6.45) is 6.23. The van der Waals surface area contributed by atoms with E-state index in [9.17, 15) is 4.79 Å². The second-order valence-electron chi connectivity index (χ2n) is 9.13. The number of piperidine rings is 1. The minimum absolute atomic E-state index is 0.0233. The number of hydrogen-bond acceptors (Lipinski definition) is 4. The van der Waals surface area contributed by atoms with E-state index in [1.807, 2.05) is 15.8 Å². The Balaban J connectivity index is 1.22. The fraction of sp³-hybridized carbons (Fsp3) is 0.423. The molecule has 0 radical (unpaired) electrons. The lowest BCUT2D eigenvalue weighted by atomic mass is 9.99. The summed E-state index contributed by atoms with van der Waals surface area (Å²) < 4.78 is 1.91. The largest absolute Gasteiger partial charge is 0.337 e. The topological polar surface area (TPSA) is 54.3 Å². The van der Waals surface area contributed by atoms with E-state index in [0.717, 1.165) is 58.4 Å². The van der Waals surface area contributed by atoms with E-state index in [0.29, 0.717) is 5.69 Å². The van der Waals surface area contributed by atoms with Crippen molar-refractivity contribution in [1.29, 1.82) is 0 Å². The number of likely N-dealkylation sites (tertiary alicyclic amines) is 2. The van der Waals surface area contributed by atoms with E-state index in [-0.39, 0.29) is 11.9 Å². The Kier molecular flexibility index (Phi) is 6.04. The summed E-state index contributed by atoms with van der Waals surface area (Å²) in [5, 5.41) is 8.51. The Bertz CT molecular complexity index is 1070. The van der Waals surface area contributed by atoms with Crippen molar-refractivity contribution >= 4 is 5.91 Å². The molecule has 0 aliphatic carbocycles. The third-order valence-corrected chi connectivity index (χ3v) is 6.79. The molecule has 1 amide bonds. The van der Waals surface area contributed by atoms with Crippen LogP contribution in [-0.2, 0) is 6.54 Å². The average Bonchev–Trinajstić information content (AvgIpc) is 3.53. The monoisotopic (exact) mass is 429 g/mol. The molecule has 166 valence electrons. The maximum atomic E-state index is 12.6. The average molecular weight is 430 g/mol. The standard InChI is InChI=1S/C26H31N5O/c1-20-7-2-3-9-24(20)22-12-10-21(11-13-22)17-29-14-6-8-23(18-29)31-19-25(27-28-31)26(32)30-15-4-5-16-30/h2-3,7,9-13,19,23H,4-6,8,14-18H2,1H3/t23-/m0/s1. The highest BCUT2D eigenvalue weighted by molar-refractivity contribution is 5.92.